The summed E-state index contributed by atoms with van der Waals surface area (Å²) in [5.74, 6) is -4.76. The Bertz CT molecular complexity index is 2110. The maximum absolute atomic E-state index is 11.8. The molecule has 0 fully saturated rings. The normalized spacial score (nSPS) is 11.0. The number of phenols is 2. The average molecular weight is 714 g/mol. The summed E-state index contributed by atoms with van der Waals surface area (Å²) in [5, 5.41) is 59.8. The van der Waals surface area contributed by atoms with E-state index in [0.29, 0.717) is 38.5 Å². The maximum Gasteiger partial charge on any atom is 0.323 e. The second-order valence-electron chi connectivity index (χ2n) is 12.0. The van der Waals surface area contributed by atoms with Crippen LogP contribution in [0.5, 0.6) is 23.0 Å². The molecule has 0 saturated carbocycles. The number of fused-ring (bicyclic) bond motifs is 2. The van der Waals surface area contributed by atoms with E-state index >= 15 is 0 Å². The summed E-state index contributed by atoms with van der Waals surface area (Å²) in [6, 6.07) is 17.5. The van der Waals surface area contributed by atoms with Crippen LogP contribution in [-0.2, 0) is 19.2 Å². The molecule has 0 spiro atoms. The fourth-order valence-corrected chi connectivity index (χ4v) is 5.92. The van der Waals surface area contributed by atoms with E-state index in [-0.39, 0.29) is 47.6 Å². The van der Waals surface area contributed by atoms with Gasteiger partial charge in [-0.05, 0) is 79.1 Å². The minimum Gasteiger partial charge on any atom is -0.508 e. The third-order valence-electron chi connectivity index (χ3n) is 8.02. The molecule has 5 aromatic rings. The van der Waals surface area contributed by atoms with Crippen molar-refractivity contribution in [3.63, 3.8) is 0 Å². The number of aromatic hydroxyl groups is 2. The number of carboxylic acids is 4. The molecule has 0 saturated heterocycles. The highest BCUT2D eigenvalue weighted by Crippen LogP contribution is 2.43. The first-order valence-electron chi connectivity index (χ1n) is 15.8. The van der Waals surface area contributed by atoms with E-state index in [1.54, 1.807) is 56.3 Å². The molecule has 0 bridgehead atoms. The van der Waals surface area contributed by atoms with Crippen molar-refractivity contribution in [2.75, 3.05) is 49.2 Å². The number of hydrogen-bond donors (Lipinski definition) is 6. The molecule has 0 radical (unpaired) electrons. The number of carbonyl (C=O) groups is 4. The summed E-state index contributed by atoms with van der Waals surface area (Å²) in [4.78, 5) is 53.6. The number of aliphatic carboxylic acids is 4. The molecule has 1 aromatic heterocycles. The van der Waals surface area contributed by atoms with Gasteiger partial charge in [-0.3, -0.25) is 19.2 Å². The molecule has 52 heavy (non-hydrogen) atoms. The molecule has 0 aliphatic rings. The van der Waals surface area contributed by atoms with Crippen LogP contribution in [0.15, 0.2) is 66.7 Å². The quantitative estimate of drug-likeness (QED) is 0.0611. The van der Waals surface area contributed by atoms with Crippen LogP contribution in [0, 0.1) is 13.8 Å². The first kappa shape index (κ1) is 36.5. The maximum atomic E-state index is 11.8. The van der Waals surface area contributed by atoms with Crippen LogP contribution in [0.4, 0.5) is 11.4 Å². The molecule has 4 aromatic carbocycles. The van der Waals surface area contributed by atoms with Gasteiger partial charge < -0.3 is 49.9 Å². The van der Waals surface area contributed by atoms with Crippen LogP contribution in [0.25, 0.3) is 32.9 Å². The molecular weight excluding hydrogens is 678 g/mol. The summed E-state index contributed by atoms with van der Waals surface area (Å²) in [7, 11) is 0. The largest absolute Gasteiger partial charge is 0.508 e. The van der Waals surface area contributed by atoms with Crippen LogP contribution in [-0.4, -0.2) is 98.9 Å². The lowest BCUT2D eigenvalue weighted by molar-refractivity contribution is -0.138. The molecule has 6 N–H and O–H groups in total. The summed E-state index contributed by atoms with van der Waals surface area (Å²) in [6.07, 6.45) is 0. The Morgan fingerprint density at radius 2 is 1.06 bits per heavy atom. The molecular formula is C37H35N3O12. The first-order valence-corrected chi connectivity index (χ1v) is 15.8. The highest BCUT2D eigenvalue weighted by atomic mass is 16.5. The van der Waals surface area contributed by atoms with Crippen LogP contribution >= 0.6 is 0 Å². The van der Waals surface area contributed by atoms with Gasteiger partial charge in [0.15, 0.2) is 0 Å². The Kier molecular flexibility index (Phi) is 10.8. The molecule has 1 heterocycles. The Labute approximate surface area is 296 Å². The Balaban J connectivity index is 1.58. The number of aryl methyl sites for hydroxylation is 2. The lowest BCUT2D eigenvalue weighted by Gasteiger charge is -2.26. The highest BCUT2D eigenvalue weighted by molar-refractivity contribution is 6.10. The summed E-state index contributed by atoms with van der Waals surface area (Å²) < 4.78 is 12.2. The van der Waals surface area contributed by atoms with Crippen LogP contribution < -0.4 is 19.3 Å². The van der Waals surface area contributed by atoms with Gasteiger partial charge in [-0.25, -0.2) is 4.98 Å². The topological polar surface area (TPSA) is 227 Å². The number of ether oxygens (including phenoxy) is 2. The number of phenolic OH excluding ortho intramolecular Hbond substituents is 2. The summed E-state index contributed by atoms with van der Waals surface area (Å²) in [6.45, 7) is 0.737. The monoisotopic (exact) mass is 713 g/mol. The number of rotatable bonds is 16. The molecule has 0 amide bonds. The fourth-order valence-electron chi connectivity index (χ4n) is 5.92. The second-order valence-corrected chi connectivity index (χ2v) is 12.0. The van der Waals surface area contributed by atoms with Gasteiger partial charge >= 0.3 is 23.9 Å². The minimum absolute atomic E-state index is 0.0228. The lowest BCUT2D eigenvalue weighted by atomic mass is 9.92. The van der Waals surface area contributed by atoms with Gasteiger partial charge in [-0.1, -0.05) is 6.07 Å². The van der Waals surface area contributed by atoms with Crippen molar-refractivity contribution in [2.45, 2.75) is 13.8 Å². The number of pyridine rings is 1. The van der Waals surface area contributed by atoms with E-state index in [9.17, 15) is 49.8 Å². The van der Waals surface area contributed by atoms with Crippen molar-refractivity contribution in [2.24, 2.45) is 0 Å². The number of carboxylic acid groups (broad SMARTS) is 4. The lowest BCUT2D eigenvalue weighted by Crippen LogP contribution is -2.35. The van der Waals surface area contributed by atoms with Crippen LogP contribution in [0.2, 0.25) is 0 Å². The molecule has 5 rings (SSSR count). The first-order chi connectivity index (χ1) is 24.7. The van der Waals surface area contributed by atoms with Crippen molar-refractivity contribution in [1.29, 1.82) is 0 Å². The van der Waals surface area contributed by atoms with Crippen molar-refractivity contribution >= 4 is 57.1 Å². The fraction of sp³-hybridized carbons (Fsp3) is 0.216. The van der Waals surface area contributed by atoms with Gasteiger partial charge in [0, 0.05) is 28.5 Å². The van der Waals surface area contributed by atoms with Crippen molar-refractivity contribution < 1.29 is 59.3 Å². The molecule has 0 unspecified atom stereocenters. The Morgan fingerprint density at radius 1 is 0.596 bits per heavy atom. The van der Waals surface area contributed by atoms with E-state index in [0.717, 1.165) is 15.4 Å². The number of aromatic nitrogens is 1. The van der Waals surface area contributed by atoms with Gasteiger partial charge in [0.05, 0.1) is 22.4 Å². The van der Waals surface area contributed by atoms with Gasteiger partial charge in [-0.15, -0.1) is 0 Å². The highest BCUT2D eigenvalue weighted by Gasteiger charge is 2.23. The van der Waals surface area contributed by atoms with E-state index in [1.807, 2.05) is 0 Å². The predicted octanol–water partition coefficient (Wildman–Crippen LogP) is 4.49. The van der Waals surface area contributed by atoms with Crippen molar-refractivity contribution in [1.82, 2.24) is 4.98 Å². The predicted molar refractivity (Wildman–Crippen MR) is 190 cm³/mol. The van der Waals surface area contributed by atoms with Crippen molar-refractivity contribution in [3.8, 4) is 34.1 Å². The number of anilines is 2. The zero-order valence-electron chi connectivity index (χ0n) is 28.1. The zero-order chi connectivity index (χ0) is 37.7. The molecule has 270 valence electrons. The van der Waals surface area contributed by atoms with Gasteiger partial charge in [-0.2, -0.15) is 0 Å². The number of benzene rings is 4. The standard InChI is InChI=1S/C37H35N3O12/c1-20-3-8-29(39(16-33(43)44)17-34(45)46)31(11-20)51-9-10-52-32-15-26(21(2)12-30(32)40(18-35(47)48)19-36(49)50)37-24-6-4-22(41)13-27(24)38-28-14-23(42)5-7-25(28)37/h3-8,11-15,41-42H,9-10,16-19H2,1-2H3,(H,43,44)(H,45,46)(H,47,48)(H,49,50). The number of hydrogen-bond acceptors (Lipinski definition) is 11. The van der Waals surface area contributed by atoms with E-state index in [4.69, 9.17) is 9.47 Å². The Morgan fingerprint density at radius 3 is 1.54 bits per heavy atom. The van der Waals surface area contributed by atoms with Gasteiger partial charge in [0.25, 0.3) is 0 Å². The third-order valence-corrected chi connectivity index (χ3v) is 8.02. The summed E-state index contributed by atoms with van der Waals surface area (Å²) >= 11 is 0. The minimum atomic E-state index is -1.28. The summed E-state index contributed by atoms with van der Waals surface area (Å²) in [5.41, 5.74) is 3.92. The van der Waals surface area contributed by atoms with E-state index < -0.39 is 50.1 Å². The van der Waals surface area contributed by atoms with Crippen molar-refractivity contribution in [3.05, 3.63) is 77.9 Å². The zero-order valence-corrected chi connectivity index (χ0v) is 28.1. The molecule has 15 nitrogen and oxygen atoms in total. The smallest absolute Gasteiger partial charge is 0.323 e. The average Bonchev–Trinajstić information content (AvgIpc) is 3.04. The van der Waals surface area contributed by atoms with Crippen LogP contribution in [0.1, 0.15) is 11.1 Å². The second kappa shape index (κ2) is 15.4. The molecule has 0 aliphatic heterocycles. The van der Waals surface area contributed by atoms with Crippen LogP contribution in [0.3, 0.4) is 0 Å². The number of nitrogens with zero attached hydrogens (tertiary/aromatic N) is 3. The van der Waals surface area contributed by atoms with Gasteiger partial charge in [0.1, 0.15) is 62.4 Å². The molecule has 0 aliphatic carbocycles. The van der Waals surface area contributed by atoms with E-state index in [2.05, 4.69) is 4.98 Å². The SMILES string of the molecule is Cc1ccc(N(CC(=O)O)CC(=O)O)c(OCCOc2cc(-c3c4ccc(O)cc4nc4cc(O)ccc34)c(C)cc2N(CC(=O)O)CC(=O)O)c1. The van der Waals surface area contributed by atoms with E-state index in [1.165, 1.54) is 24.3 Å². The Hall–Kier alpha value is -6.77. The molecule has 0 atom stereocenters. The molecule has 15 heteroatoms. The van der Waals surface area contributed by atoms with Gasteiger partial charge in [0.2, 0.25) is 0 Å². The third kappa shape index (κ3) is 8.50.